The third kappa shape index (κ3) is 4.37. The highest BCUT2D eigenvalue weighted by atomic mass is 79.9. The predicted molar refractivity (Wildman–Crippen MR) is 90.6 cm³/mol. The lowest BCUT2D eigenvalue weighted by atomic mass is 10.3. The molecule has 7 heteroatoms. The Bertz CT molecular complexity index is 592. The summed E-state index contributed by atoms with van der Waals surface area (Å²) in [7, 11) is -1.92. The van der Waals surface area contributed by atoms with Crippen molar-refractivity contribution in [1.29, 1.82) is 0 Å². The highest BCUT2D eigenvalue weighted by Gasteiger charge is 2.28. The zero-order chi connectivity index (χ0) is 15.5. The Morgan fingerprint density at radius 3 is 2.81 bits per heavy atom. The van der Waals surface area contributed by atoms with E-state index in [0.717, 1.165) is 25.0 Å². The van der Waals surface area contributed by atoms with Crippen LogP contribution in [0.1, 0.15) is 26.2 Å². The van der Waals surface area contributed by atoms with Gasteiger partial charge in [0, 0.05) is 11.3 Å². The van der Waals surface area contributed by atoms with E-state index in [4.69, 9.17) is 4.74 Å². The lowest BCUT2D eigenvalue weighted by Gasteiger charge is -2.14. The van der Waals surface area contributed by atoms with Crippen LogP contribution in [0.15, 0.2) is 27.6 Å². The van der Waals surface area contributed by atoms with Crippen LogP contribution < -0.4 is 9.46 Å². The second-order valence-electron chi connectivity index (χ2n) is 5.00. The second-order valence-corrected chi connectivity index (χ2v) is 9.15. The van der Waals surface area contributed by atoms with Crippen molar-refractivity contribution in [2.24, 2.45) is 0 Å². The molecule has 1 aliphatic rings. The molecule has 1 aliphatic carbocycles. The minimum atomic E-state index is -3.47. The van der Waals surface area contributed by atoms with Crippen molar-refractivity contribution in [3.05, 3.63) is 22.7 Å². The lowest BCUT2D eigenvalue weighted by molar-refractivity contribution is 0.411. The number of nitrogens with one attached hydrogen (secondary N) is 1. The van der Waals surface area contributed by atoms with E-state index in [-0.39, 0.29) is 10.9 Å². The summed E-state index contributed by atoms with van der Waals surface area (Å²) in [6.07, 6.45) is 2.90. The number of hydrogen-bond acceptors (Lipinski definition) is 4. The maximum absolute atomic E-state index is 12.4. The molecular weight excluding hydrogens is 374 g/mol. The van der Waals surface area contributed by atoms with Gasteiger partial charge in [-0.2, -0.15) is 11.8 Å². The summed E-state index contributed by atoms with van der Waals surface area (Å²) in [6, 6.07) is 4.84. The number of benzene rings is 1. The van der Waals surface area contributed by atoms with E-state index in [0.29, 0.717) is 15.5 Å². The highest BCUT2D eigenvalue weighted by Crippen LogP contribution is 2.31. The van der Waals surface area contributed by atoms with Crippen LogP contribution in [-0.2, 0) is 10.0 Å². The maximum Gasteiger partial charge on any atom is 0.240 e. The third-order valence-electron chi connectivity index (χ3n) is 3.54. The van der Waals surface area contributed by atoms with Crippen molar-refractivity contribution in [2.45, 2.75) is 42.4 Å². The van der Waals surface area contributed by atoms with E-state index in [1.807, 2.05) is 11.8 Å². The zero-order valence-electron chi connectivity index (χ0n) is 12.1. The first-order valence-electron chi connectivity index (χ1n) is 6.93. The number of sulfonamides is 1. The summed E-state index contributed by atoms with van der Waals surface area (Å²) in [5.41, 5.74) is 0. The molecule has 0 aromatic heterocycles. The summed E-state index contributed by atoms with van der Waals surface area (Å²) in [5, 5.41) is 0.574. The van der Waals surface area contributed by atoms with Crippen molar-refractivity contribution < 1.29 is 13.2 Å². The van der Waals surface area contributed by atoms with Gasteiger partial charge in [-0.1, -0.05) is 6.92 Å². The van der Waals surface area contributed by atoms with Gasteiger partial charge >= 0.3 is 0 Å². The van der Waals surface area contributed by atoms with Crippen molar-refractivity contribution in [1.82, 2.24) is 4.72 Å². The van der Waals surface area contributed by atoms with Gasteiger partial charge < -0.3 is 4.74 Å². The molecule has 21 heavy (non-hydrogen) atoms. The Morgan fingerprint density at radius 2 is 2.19 bits per heavy atom. The predicted octanol–water partition coefficient (Wildman–Crippen LogP) is 3.41. The molecule has 0 bridgehead atoms. The van der Waals surface area contributed by atoms with Crippen LogP contribution in [0.5, 0.6) is 5.75 Å². The Labute approximate surface area is 139 Å². The molecule has 0 radical (unpaired) electrons. The Morgan fingerprint density at radius 1 is 1.43 bits per heavy atom. The summed E-state index contributed by atoms with van der Waals surface area (Å²) in [5.74, 6) is 1.70. The minimum absolute atomic E-state index is 0.0416. The standard InChI is InChI=1S/C14H20BrNO3S2/c1-3-20-11-5-4-10(8-11)16-21(17,18)12-6-7-14(19-2)13(15)9-12/h6-7,9-11,16H,3-5,8H2,1-2H3. The number of ether oxygens (including phenoxy) is 1. The number of hydrogen-bond donors (Lipinski definition) is 1. The summed E-state index contributed by atoms with van der Waals surface area (Å²) in [4.78, 5) is 0.266. The molecule has 0 aliphatic heterocycles. The number of halogens is 1. The SMILES string of the molecule is CCSC1CCC(NS(=O)(=O)c2ccc(OC)c(Br)c2)C1. The van der Waals surface area contributed by atoms with E-state index in [1.54, 1.807) is 25.3 Å². The second kappa shape index (κ2) is 7.35. The quantitative estimate of drug-likeness (QED) is 0.804. The van der Waals surface area contributed by atoms with Crippen molar-refractivity contribution in [3.8, 4) is 5.75 Å². The first-order valence-corrected chi connectivity index (χ1v) is 10.3. The van der Waals surface area contributed by atoms with Crippen molar-refractivity contribution in [2.75, 3.05) is 12.9 Å². The van der Waals surface area contributed by atoms with Crippen LogP contribution in [-0.4, -0.2) is 32.6 Å². The summed E-state index contributed by atoms with van der Waals surface area (Å²) in [6.45, 7) is 2.14. The number of thioether (sulfide) groups is 1. The van der Waals surface area contributed by atoms with E-state index in [2.05, 4.69) is 27.6 Å². The van der Waals surface area contributed by atoms with Gasteiger partial charge in [0.1, 0.15) is 5.75 Å². The molecule has 2 atom stereocenters. The first-order chi connectivity index (χ1) is 9.96. The Balaban J connectivity index is 2.07. The molecule has 2 rings (SSSR count). The maximum atomic E-state index is 12.4. The van der Waals surface area contributed by atoms with Gasteiger partial charge in [0.2, 0.25) is 10.0 Å². The molecule has 4 nitrogen and oxygen atoms in total. The Kier molecular flexibility index (Phi) is 5.99. The van der Waals surface area contributed by atoms with Crippen LogP contribution in [0.25, 0.3) is 0 Å². The van der Waals surface area contributed by atoms with E-state index >= 15 is 0 Å². The summed E-state index contributed by atoms with van der Waals surface area (Å²) < 4.78 is 33.4. The smallest absolute Gasteiger partial charge is 0.240 e. The van der Waals surface area contributed by atoms with Crippen molar-refractivity contribution >= 4 is 37.7 Å². The normalized spacial score (nSPS) is 22.4. The third-order valence-corrected chi connectivity index (χ3v) is 6.91. The molecule has 1 N–H and O–H groups in total. The van der Waals surface area contributed by atoms with Crippen molar-refractivity contribution in [3.63, 3.8) is 0 Å². The first kappa shape index (κ1) is 17.1. The fourth-order valence-corrected chi connectivity index (χ4v) is 5.68. The molecule has 1 saturated carbocycles. The van der Waals surface area contributed by atoms with Gasteiger partial charge in [-0.05, 0) is 59.1 Å². The molecule has 1 aromatic carbocycles. The number of methoxy groups -OCH3 is 1. The van der Waals surface area contributed by atoms with Crippen LogP contribution in [0.2, 0.25) is 0 Å². The lowest BCUT2D eigenvalue weighted by Crippen LogP contribution is -2.33. The van der Waals surface area contributed by atoms with Gasteiger partial charge in [-0.25, -0.2) is 13.1 Å². The molecular formula is C14H20BrNO3S2. The fraction of sp³-hybridized carbons (Fsp3) is 0.571. The highest BCUT2D eigenvalue weighted by molar-refractivity contribution is 9.10. The molecule has 0 saturated heterocycles. The van der Waals surface area contributed by atoms with Gasteiger partial charge in [0.25, 0.3) is 0 Å². The van der Waals surface area contributed by atoms with Crippen LogP contribution in [0, 0.1) is 0 Å². The molecule has 0 spiro atoms. The molecule has 1 fully saturated rings. The van der Waals surface area contributed by atoms with Gasteiger partial charge in [0.05, 0.1) is 16.5 Å². The average molecular weight is 394 g/mol. The number of rotatable bonds is 6. The fourth-order valence-electron chi connectivity index (χ4n) is 2.54. The topological polar surface area (TPSA) is 55.4 Å². The summed E-state index contributed by atoms with van der Waals surface area (Å²) >= 11 is 5.23. The average Bonchev–Trinajstić information content (AvgIpc) is 2.85. The molecule has 2 unspecified atom stereocenters. The zero-order valence-corrected chi connectivity index (χ0v) is 15.4. The van der Waals surface area contributed by atoms with E-state index in [9.17, 15) is 8.42 Å². The van der Waals surface area contributed by atoms with E-state index < -0.39 is 10.0 Å². The van der Waals surface area contributed by atoms with Gasteiger partial charge in [-0.15, -0.1) is 0 Å². The largest absolute Gasteiger partial charge is 0.496 e. The molecule has 1 aromatic rings. The monoisotopic (exact) mass is 393 g/mol. The minimum Gasteiger partial charge on any atom is -0.496 e. The van der Waals surface area contributed by atoms with Crippen LogP contribution in [0.3, 0.4) is 0 Å². The van der Waals surface area contributed by atoms with Gasteiger partial charge in [-0.3, -0.25) is 0 Å². The molecule has 0 amide bonds. The van der Waals surface area contributed by atoms with Crippen LogP contribution >= 0.6 is 27.7 Å². The van der Waals surface area contributed by atoms with Gasteiger partial charge in [0.15, 0.2) is 0 Å². The van der Waals surface area contributed by atoms with Crippen LogP contribution in [0.4, 0.5) is 0 Å². The Hall–Kier alpha value is -0.240. The molecule has 0 heterocycles. The van der Waals surface area contributed by atoms with E-state index in [1.165, 1.54) is 0 Å². The molecule has 118 valence electrons.